The van der Waals surface area contributed by atoms with Gasteiger partial charge in [-0.15, -0.1) is 11.4 Å². The molecule has 7 rings (SSSR count). The molecule has 5 heterocycles. The molecule has 0 bridgehead atoms. The van der Waals surface area contributed by atoms with Crippen LogP contribution in [0.1, 0.15) is 28.4 Å². The van der Waals surface area contributed by atoms with Gasteiger partial charge in [-0.05, 0) is 42.0 Å². The third-order valence-electron chi connectivity index (χ3n) is 9.25. The molecular weight excluding hydrogens is 874 g/mol. The quantitative estimate of drug-likeness (QED) is 0.0375. The van der Waals surface area contributed by atoms with E-state index in [0.29, 0.717) is 22.8 Å². The second kappa shape index (κ2) is 19.3. The van der Waals surface area contributed by atoms with Gasteiger partial charge in [-0.2, -0.15) is 0 Å². The van der Waals surface area contributed by atoms with Crippen molar-refractivity contribution in [3.05, 3.63) is 105 Å². The molecule has 61 heavy (non-hydrogen) atoms. The molecule has 3 aromatic heterocycles. The Labute approximate surface area is 348 Å². The number of hydrogen-bond acceptors (Lipinski definition) is 18. The van der Waals surface area contributed by atoms with Crippen LogP contribution in [0.4, 0.5) is 14.6 Å². The summed E-state index contributed by atoms with van der Waals surface area (Å²) in [5, 5.41) is 0. The summed E-state index contributed by atoms with van der Waals surface area (Å²) in [6.45, 7) is -1.41. The number of phosphoric ester groups is 1. The first-order valence-corrected chi connectivity index (χ1v) is 22.0. The number of esters is 1. The number of nitrogen functional groups attached to an aromatic ring is 1. The van der Waals surface area contributed by atoms with Crippen LogP contribution in [0.3, 0.4) is 0 Å². The van der Waals surface area contributed by atoms with E-state index in [9.17, 15) is 28.6 Å². The van der Waals surface area contributed by atoms with E-state index in [1.54, 1.807) is 48.5 Å². The summed E-state index contributed by atoms with van der Waals surface area (Å²) < 4.78 is 90.0. The van der Waals surface area contributed by atoms with Crippen molar-refractivity contribution in [3.8, 4) is 11.5 Å². The number of H-pyrrole nitrogens is 1. The highest BCUT2D eigenvalue weighted by Gasteiger charge is 2.52. The number of rotatable bonds is 18. The summed E-state index contributed by atoms with van der Waals surface area (Å²) in [4.78, 5) is 72.5. The lowest BCUT2D eigenvalue weighted by molar-refractivity contribution is -0.141. The predicted octanol–water partition coefficient (Wildman–Crippen LogP) is 3.16. The fourth-order valence-electron chi connectivity index (χ4n) is 6.28. The number of benzene rings is 2. The van der Waals surface area contributed by atoms with Crippen molar-refractivity contribution in [2.45, 2.75) is 55.0 Å². The summed E-state index contributed by atoms with van der Waals surface area (Å²) in [5.74, 6) is 0.885. The molecule has 26 heteroatoms. The van der Waals surface area contributed by atoms with Gasteiger partial charge in [0.25, 0.3) is 12.0 Å². The van der Waals surface area contributed by atoms with Crippen molar-refractivity contribution in [1.82, 2.24) is 29.1 Å². The Balaban J connectivity index is 0.964. The molecule has 324 valence electrons. The zero-order valence-electron chi connectivity index (χ0n) is 31.4. The zero-order valence-corrected chi connectivity index (χ0v) is 34.1. The van der Waals surface area contributed by atoms with Gasteiger partial charge in [0.2, 0.25) is 0 Å². The van der Waals surface area contributed by atoms with Gasteiger partial charge in [0.1, 0.15) is 41.7 Å². The smallest absolute Gasteiger partial charge is 0.472 e. The van der Waals surface area contributed by atoms with E-state index in [-0.39, 0.29) is 38.1 Å². The highest BCUT2D eigenvalue weighted by Crippen LogP contribution is 2.51. The van der Waals surface area contributed by atoms with Gasteiger partial charge in [-0.1, -0.05) is 12.1 Å². The molecule has 0 amide bonds. The van der Waals surface area contributed by atoms with Gasteiger partial charge < -0.3 is 38.8 Å². The summed E-state index contributed by atoms with van der Waals surface area (Å²) >= 11 is 1.37. The molecule has 0 spiro atoms. The minimum atomic E-state index is -5.30. The van der Waals surface area contributed by atoms with Gasteiger partial charge in [-0.3, -0.25) is 32.8 Å². The van der Waals surface area contributed by atoms with E-state index in [1.165, 1.54) is 29.4 Å². The molecule has 0 radical (unpaired) electrons. The number of imidazole rings is 1. The van der Waals surface area contributed by atoms with Crippen LogP contribution in [0.25, 0.3) is 11.2 Å². The average molecular weight is 910 g/mol. The molecule has 2 unspecified atom stereocenters. The summed E-state index contributed by atoms with van der Waals surface area (Å²) in [6.07, 6.45) is -10.8. The molecule has 0 aliphatic carbocycles. The minimum absolute atomic E-state index is 0.00821. The second-order valence-corrected chi connectivity index (χ2v) is 16.9. The summed E-state index contributed by atoms with van der Waals surface area (Å²) in [7, 11) is -3.99. The largest absolute Gasteiger partial charge is 0.497 e. The van der Waals surface area contributed by atoms with E-state index in [1.807, 2.05) is 4.98 Å². The molecule has 2 aliphatic rings. The van der Waals surface area contributed by atoms with E-state index < -0.39 is 80.9 Å². The van der Waals surface area contributed by atoms with Crippen molar-refractivity contribution in [2.24, 2.45) is 0 Å². The predicted molar refractivity (Wildman–Crippen MR) is 210 cm³/mol. The van der Waals surface area contributed by atoms with Crippen LogP contribution in [-0.4, -0.2) is 103 Å². The van der Waals surface area contributed by atoms with Crippen LogP contribution >= 0.6 is 27.2 Å². The summed E-state index contributed by atoms with van der Waals surface area (Å²) in [5.41, 5.74) is 5.58. The molecule has 10 atom stereocenters. The number of nitrogens with two attached hydrogens (primary N) is 1. The molecule has 2 aliphatic heterocycles. The molecule has 2 saturated heterocycles. The Kier molecular flexibility index (Phi) is 13.9. The molecule has 4 N–H and O–H groups in total. The molecule has 21 nitrogen and oxygen atoms in total. The SMILES string of the molecule is COc1ccc(C(=O)Oc2ccc(CSPOC[C@H]3O[C@@H](n4cnc5c(N)ncnc54)[C@H](OP(=O)(O)OC[C@H]4O[C@@H](n5ccc(=O)[nH]c5=O)[C@H](OC=O)[C@@H]4F)[C@@H]3F)cc2)cc1. The van der Waals surface area contributed by atoms with Crippen LogP contribution in [0, 0.1) is 0 Å². The van der Waals surface area contributed by atoms with E-state index in [4.69, 9.17) is 43.0 Å². The van der Waals surface area contributed by atoms with Crippen LogP contribution < -0.4 is 26.5 Å². The Morgan fingerprint density at radius 3 is 2.38 bits per heavy atom. The number of aromatic amines is 1. The number of phosphoric acid groups is 1. The molecule has 2 fully saturated rings. The highest BCUT2D eigenvalue weighted by atomic mass is 32.7. The molecule has 5 aromatic rings. The maximum absolute atomic E-state index is 16.2. The lowest BCUT2D eigenvalue weighted by Gasteiger charge is -2.24. The number of carbonyl (C=O) groups is 2. The highest BCUT2D eigenvalue weighted by molar-refractivity contribution is 8.47. The number of anilines is 1. The third-order valence-corrected chi connectivity index (χ3v) is 12.3. The standard InChI is InChI=1S/C35H35F2N7O14P2S/c1-51-20-8-4-19(5-9-20)34(47)55-21-6-2-18(3-7-21)14-61-59-53-12-22-26(37)29(33(56-22)44-16-41-27-30(38)39-15-40-31(27)44)58-60(49,50)54-13-23-25(36)28(52-17-45)32(57-23)43-11-10-24(46)42-35(43)48/h2-11,15-17,22-23,25-26,28-29,32-33,59H,12-14H2,1H3,(H,49,50)(H2,38,39,40)(H,42,46,48)/t22-,23-,25-,26-,28-,29-,32-,33-/m1/s1. The van der Waals surface area contributed by atoms with Crippen molar-refractivity contribution in [3.63, 3.8) is 0 Å². The first-order valence-electron chi connectivity index (χ1n) is 17.9. The monoisotopic (exact) mass is 909 g/mol. The fourth-order valence-corrected chi connectivity index (χ4v) is 9.07. The maximum atomic E-state index is 16.2. The zero-order chi connectivity index (χ0) is 43.3. The summed E-state index contributed by atoms with van der Waals surface area (Å²) in [6, 6.07) is 14.3. The topological polar surface area (TPSA) is 270 Å². The number of nitrogens with zero attached hydrogens (tertiary/aromatic N) is 5. The Morgan fingerprint density at radius 1 is 0.984 bits per heavy atom. The van der Waals surface area contributed by atoms with Crippen molar-refractivity contribution in [2.75, 3.05) is 26.1 Å². The van der Waals surface area contributed by atoms with Crippen molar-refractivity contribution < 1.29 is 65.1 Å². The Morgan fingerprint density at radius 2 is 1.67 bits per heavy atom. The lowest BCUT2D eigenvalue weighted by atomic mass is 10.1. The number of ether oxygens (including phenoxy) is 5. The van der Waals surface area contributed by atoms with Crippen LogP contribution in [0.5, 0.6) is 11.5 Å². The second-order valence-electron chi connectivity index (χ2n) is 13.1. The number of aromatic nitrogens is 6. The lowest BCUT2D eigenvalue weighted by Crippen LogP contribution is -2.37. The fraction of sp³-hybridized carbons (Fsp3) is 0.343. The number of hydrogen-bond donors (Lipinski definition) is 3. The van der Waals surface area contributed by atoms with E-state index >= 15 is 8.78 Å². The van der Waals surface area contributed by atoms with Crippen LogP contribution in [0.2, 0.25) is 0 Å². The van der Waals surface area contributed by atoms with Gasteiger partial charge in [0.15, 0.2) is 42.4 Å². The average Bonchev–Trinajstić information content (AvgIpc) is 3.91. The van der Waals surface area contributed by atoms with Crippen molar-refractivity contribution in [1.29, 1.82) is 0 Å². The van der Waals surface area contributed by atoms with Gasteiger partial charge in [0.05, 0.1) is 40.2 Å². The normalized spacial score (nSPS) is 24.9. The Hall–Kier alpha value is -5.16. The van der Waals surface area contributed by atoms with Crippen LogP contribution in [-0.2, 0) is 42.9 Å². The van der Waals surface area contributed by atoms with Gasteiger partial charge in [0, 0.05) is 18.0 Å². The van der Waals surface area contributed by atoms with Crippen LogP contribution in [0.15, 0.2) is 83.0 Å². The third kappa shape index (κ3) is 10.1. The number of nitrogens with one attached hydrogen (secondary N) is 1. The van der Waals surface area contributed by atoms with E-state index in [2.05, 4.69) is 15.0 Å². The maximum Gasteiger partial charge on any atom is 0.472 e. The molecule has 2 aromatic carbocycles. The molecule has 0 saturated carbocycles. The van der Waals surface area contributed by atoms with Gasteiger partial charge in [-0.25, -0.2) is 37.9 Å². The number of fused-ring (bicyclic) bond motifs is 1. The number of halogens is 2. The Bertz CT molecular complexity index is 2500. The number of carbonyl (C=O) groups excluding carboxylic acids is 2. The van der Waals surface area contributed by atoms with Gasteiger partial charge >= 0.3 is 19.5 Å². The van der Waals surface area contributed by atoms with Crippen molar-refractivity contribution >= 4 is 56.6 Å². The molecular formula is C35H35F2N7O14P2S. The first kappa shape index (κ1) is 43.9. The minimum Gasteiger partial charge on any atom is -0.497 e. The number of alkyl halides is 2. The number of methoxy groups -OCH3 is 1. The van der Waals surface area contributed by atoms with E-state index in [0.717, 1.165) is 28.7 Å². The first-order chi connectivity index (χ1) is 29.3.